The van der Waals surface area contributed by atoms with Gasteiger partial charge in [-0.2, -0.15) is 0 Å². The summed E-state index contributed by atoms with van der Waals surface area (Å²) in [4.78, 5) is 12.7. The highest BCUT2D eigenvalue weighted by atomic mass is 32.2. The molecule has 0 radical (unpaired) electrons. The van der Waals surface area contributed by atoms with Crippen LogP contribution in [0.4, 0.5) is 11.4 Å². The van der Waals surface area contributed by atoms with Crippen LogP contribution in [0.5, 0.6) is 5.75 Å². The number of rotatable bonds is 7. The van der Waals surface area contributed by atoms with Gasteiger partial charge in [-0.3, -0.25) is 9.52 Å². The Balaban J connectivity index is 1.68. The van der Waals surface area contributed by atoms with E-state index in [2.05, 4.69) is 10.0 Å². The van der Waals surface area contributed by atoms with Crippen LogP contribution in [0, 0.1) is 6.92 Å². The van der Waals surface area contributed by atoms with E-state index in [0.717, 1.165) is 5.56 Å². The molecular weight excluding hydrogens is 400 g/mol. The Bertz CT molecular complexity index is 1120. The summed E-state index contributed by atoms with van der Waals surface area (Å²) in [5.74, 6) is 0.369. The molecular formula is C23H24N2O4S. The van der Waals surface area contributed by atoms with Gasteiger partial charge in [0, 0.05) is 23.0 Å². The fourth-order valence-corrected chi connectivity index (χ4v) is 3.80. The molecule has 30 heavy (non-hydrogen) atoms. The molecule has 0 saturated carbocycles. The molecule has 7 heteroatoms. The summed E-state index contributed by atoms with van der Waals surface area (Å²) in [5, 5.41) is 2.81. The van der Waals surface area contributed by atoms with Crippen LogP contribution in [-0.4, -0.2) is 20.4 Å². The van der Waals surface area contributed by atoms with E-state index in [1.807, 2.05) is 26.8 Å². The van der Waals surface area contributed by atoms with Crippen LogP contribution < -0.4 is 14.8 Å². The molecule has 0 unspecified atom stereocenters. The second-order valence-corrected chi connectivity index (χ2v) is 8.83. The average molecular weight is 425 g/mol. The van der Waals surface area contributed by atoms with Crippen LogP contribution >= 0.6 is 0 Å². The highest BCUT2D eigenvalue weighted by Crippen LogP contribution is 2.21. The van der Waals surface area contributed by atoms with Crippen LogP contribution in [-0.2, 0) is 10.0 Å². The van der Waals surface area contributed by atoms with E-state index in [1.165, 1.54) is 0 Å². The third-order valence-electron chi connectivity index (χ3n) is 4.19. The molecule has 3 rings (SSSR count). The molecule has 3 aromatic rings. The van der Waals surface area contributed by atoms with Crippen molar-refractivity contribution in [1.82, 2.24) is 0 Å². The van der Waals surface area contributed by atoms with E-state index in [-0.39, 0.29) is 16.9 Å². The van der Waals surface area contributed by atoms with Crippen molar-refractivity contribution in [2.24, 2.45) is 0 Å². The summed E-state index contributed by atoms with van der Waals surface area (Å²) in [7, 11) is -3.69. The van der Waals surface area contributed by atoms with Crippen molar-refractivity contribution in [3.05, 3.63) is 83.9 Å². The normalized spacial score (nSPS) is 11.2. The number of carbonyl (C=O) groups excluding carboxylic acids is 1. The highest BCUT2D eigenvalue weighted by molar-refractivity contribution is 7.92. The van der Waals surface area contributed by atoms with Crippen LogP contribution in [0.2, 0.25) is 0 Å². The SMILES string of the molecule is Cc1ccc(S(=O)(=O)Nc2ccc(C(=O)Nc3cccc(OC(C)C)c3)cc2)cc1. The van der Waals surface area contributed by atoms with E-state index in [0.29, 0.717) is 22.7 Å². The summed E-state index contributed by atoms with van der Waals surface area (Å²) in [6.45, 7) is 5.75. The number of anilines is 2. The summed E-state index contributed by atoms with van der Waals surface area (Å²) in [6, 6.07) is 20.0. The number of amides is 1. The Morgan fingerprint density at radius 2 is 1.57 bits per heavy atom. The minimum absolute atomic E-state index is 0.0344. The Hall–Kier alpha value is -3.32. The lowest BCUT2D eigenvalue weighted by molar-refractivity contribution is 0.102. The lowest BCUT2D eigenvalue weighted by Crippen LogP contribution is -2.14. The van der Waals surface area contributed by atoms with Gasteiger partial charge in [0.15, 0.2) is 0 Å². The monoisotopic (exact) mass is 424 g/mol. The Morgan fingerprint density at radius 3 is 2.20 bits per heavy atom. The van der Waals surface area contributed by atoms with Crippen molar-refractivity contribution in [1.29, 1.82) is 0 Å². The molecule has 156 valence electrons. The van der Waals surface area contributed by atoms with E-state index in [1.54, 1.807) is 66.7 Å². The van der Waals surface area contributed by atoms with Gasteiger partial charge in [0.2, 0.25) is 0 Å². The van der Waals surface area contributed by atoms with E-state index in [9.17, 15) is 13.2 Å². The van der Waals surface area contributed by atoms with Gasteiger partial charge in [-0.05, 0) is 69.3 Å². The maximum atomic E-state index is 12.5. The average Bonchev–Trinajstić information content (AvgIpc) is 2.68. The molecule has 0 heterocycles. The lowest BCUT2D eigenvalue weighted by atomic mass is 10.2. The zero-order valence-electron chi connectivity index (χ0n) is 17.0. The number of benzene rings is 3. The fraction of sp³-hybridized carbons (Fsp3) is 0.174. The predicted molar refractivity (Wildman–Crippen MR) is 119 cm³/mol. The van der Waals surface area contributed by atoms with Gasteiger partial charge < -0.3 is 10.1 Å². The molecule has 2 N–H and O–H groups in total. The first-order valence-corrected chi connectivity index (χ1v) is 11.0. The lowest BCUT2D eigenvalue weighted by Gasteiger charge is -2.12. The van der Waals surface area contributed by atoms with E-state index >= 15 is 0 Å². The number of nitrogens with one attached hydrogen (secondary N) is 2. The maximum Gasteiger partial charge on any atom is 0.261 e. The van der Waals surface area contributed by atoms with Crippen LogP contribution in [0.3, 0.4) is 0 Å². The third kappa shape index (κ3) is 5.61. The van der Waals surface area contributed by atoms with Gasteiger partial charge in [0.05, 0.1) is 11.0 Å². The number of carbonyl (C=O) groups is 1. The van der Waals surface area contributed by atoms with Gasteiger partial charge in [-0.25, -0.2) is 8.42 Å². The van der Waals surface area contributed by atoms with E-state index < -0.39 is 10.0 Å². The molecule has 0 saturated heterocycles. The zero-order chi connectivity index (χ0) is 21.7. The molecule has 0 bridgehead atoms. The molecule has 0 spiro atoms. The summed E-state index contributed by atoms with van der Waals surface area (Å²) < 4.78 is 33.1. The largest absolute Gasteiger partial charge is 0.491 e. The van der Waals surface area contributed by atoms with Gasteiger partial charge in [-0.1, -0.05) is 23.8 Å². The first-order valence-electron chi connectivity index (χ1n) is 9.50. The molecule has 0 aliphatic heterocycles. The number of sulfonamides is 1. The summed E-state index contributed by atoms with van der Waals surface area (Å²) in [5.41, 5.74) is 2.37. The van der Waals surface area contributed by atoms with Crippen molar-refractivity contribution in [3.8, 4) is 5.75 Å². The second-order valence-electron chi connectivity index (χ2n) is 7.14. The quantitative estimate of drug-likeness (QED) is 0.569. The fourth-order valence-electron chi connectivity index (χ4n) is 2.74. The Morgan fingerprint density at radius 1 is 0.900 bits per heavy atom. The minimum atomic E-state index is -3.69. The van der Waals surface area contributed by atoms with Crippen LogP contribution in [0.25, 0.3) is 0 Å². The van der Waals surface area contributed by atoms with Crippen molar-refractivity contribution in [3.63, 3.8) is 0 Å². The molecule has 1 amide bonds. The third-order valence-corrected chi connectivity index (χ3v) is 5.59. The minimum Gasteiger partial charge on any atom is -0.491 e. The molecule has 0 fully saturated rings. The first kappa shape index (κ1) is 21.4. The number of hydrogen-bond acceptors (Lipinski definition) is 4. The van der Waals surface area contributed by atoms with Crippen LogP contribution in [0.1, 0.15) is 29.8 Å². The summed E-state index contributed by atoms with van der Waals surface area (Å²) in [6.07, 6.45) is 0.0344. The van der Waals surface area contributed by atoms with E-state index in [4.69, 9.17) is 4.74 Å². The second kappa shape index (κ2) is 9.00. The van der Waals surface area contributed by atoms with Gasteiger partial charge >= 0.3 is 0 Å². The molecule has 3 aromatic carbocycles. The smallest absolute Gasteiger partial charge is 0.261 e. The topological polar surface area (TPSA) is 84.5 Å². The number of hydrogen-bond donors (Lipinski definition) is 2. The van der Waals surface area contributed by atoms with Crippen molar-refractivity contribution in [2.45, 2.75) is 31.8 Å². The van der Waals surface area contributed by atoms with Gasteiger partial charge in [0.25, 0.3) is 15.9 Å². The van der Waals surface area contributed by atoms with Gasteiger partial charge in [0.1, 0.15) is 5.75 Å². The highest BCUT2D eigenvalue weighted by Gasteiger charge is 2.14. The van der Waals surface area contributed by atoms with Crippen molar-refractivity contribution >= 4 is 27.3 Å². The summed E-state index contributed by atoms with van der Waals surface area (Å²) >= 11 is 0. The van der Waals surface area contributed by atoms with Gasteiger partial charge in [-0.15, -0.1) is 0 Å². The Kier molecular flexibility index (Phi) is 6.42. The predicted octanol–water partition coefficient (Wildman–Crippen LogP) is 4.84. The zero-order valence-corrected chi connectivity index (χ0v) is 17.9. The molecule has 0 atom stereocenters. The molecule has 0 aliphatic carbocycles. The van der Waals surface area contributed by atoms with Crippen molar-refractivity contribution in [2.75, 3.05) is 10.0 Å². The van der Waals surface area contributed by atoms with Crippen LogP contribution in [0.15, 0.2) is 77.7 Å². The Labute approximate surface area is 177 Å². The standard InChI is InChI=1S/C23H24N2O4S/c1-16(2)29-21-6-4-5-20(15-21)24-23(26)18-9-11-19(12-10-18)25-30(27,28)22-13-7-17(3)8-14-22/h4-16,25H,1-3H3,(H,24,26). The molecule has 0 aromatic heterocycles. The molecule has 0 aliphatic rings. The number of aryl methyl sites for hydroxylation is 1. The maximum absolute atomic E-state index is 12.5. The first-order chi connectivity index (χ1) is 14.2. The molecule has 6 nitrogen and oxygen atoms in total. The van der Waals surface area contributed by atoms with Crippen molar-refractivity contribution < 1.29 is 17.9 Å². The number of ether oxygens (including phenoxy) is 1.